The lowest BCUT2D eigenvalue weighted by molar-refractivity contribution is 0.414. The lowest BCUT2D eigenvalue weighted by Crippen LogP contribution is -2.16. The first kappa shape index (κ1) is 23.6. The number of benzene rings is 2. The number of nitrogens with one attached hydrogen (secondary N) is 1. The summed E-state index contributed by atoms with van der Waals surface area (Å²) in [6, 6.07) is 20.6. The molecule has 168 valence electrons. The van der Waals surface area contributed by atoms with Crippen LogP contribution in [0.2, 0.25) is 0 Å². The van der Waals surface area contributed by atoms with Gasteiger partial charge in [-0.15, -0.1) is 0 Å². The molecule has 32 heavy (non-hydrogen) atoms. The van der Waals surface area contributed by atoms with Gasteiger partial charge >= 0.3 is 0 Å². The van der Waals surface area contributed by atoms with Crippen molar-refractivity contribution >= 4 is 5.57 Å². The van der Waals surface area contributed by atoms with E-state index in [4.69, 9.17) is 9.47 Å². The van der Waals surface area contributed by atoms with Crippen molar-refractivity contribution in [2.45, 2.75) is 32.1 Å². The third-order valence-corrected chi connectivity index (χ3v) is 5.46. The lowest BCUT2D eigenvalue weighted by Gasteiger charge is -2.12. The van der Waals surface area contributed by atoms with Crippen molar-refractivity contribution in [2.75, 3.05) is 27.3 Å². The quantitative estimate of drug-likeness (QED) is 0.342. The summed E-state index contributed by atoms with van der Waals surface area (Å²) in [6.07, 6.45) is 11.7. The number of aryl methyl sites for hydroxylation is 1. The number of rotatable bonds is 13. The van der Waals surface area contributed by atoms with Crippen LogP contribution in [0, 0.1) is 0 Å². The molecule has 0 radical (unpaired) electrons. The second kappa shape index (κ2) is 13.3. The van der Waals surface area contributed by atoms with E-state index >= 15 is 0 Å². The maximum atomic E-state index is 5.44. The van der Waals surface area contributed by atoms with Crippen LogP contribution in [0.15, 0.2) is 79.1 Å². The maximum Gasteiger partial charge on any atom is 0.119 e. The third kappa shape index (κ3) is 7.54. The zero-order valence-corrected chi connectivity index (χ0v) is 19.2. The molecule has 0 saturated carbocycles. The largest absolute Gasteiger partial charge is 0.497 e. The Labute approximate surface area is 192 Å². The van der Waals surface area contributed by atoms with E-state index in [1.165, 1.54) is 24.0 Å². The van der Waals surface area contributed by atoms with Crippen LogP contribution in [0.3, 0.4) is 0 Å². The van der Waals surface area contributed by atoms with Crippen LogP contribution in [-0.4, -0.2) is 32.3 Å². The summed E-state index contributed by atoms with van der Waals surface area (Å²) in [4.78, 5) is 4.18. The molecule has 3 rings (SSSR count). The van der Waals surface area contributed by atoms with Crippen molar-refractivity contribution < 1.29 is 9.47 Å². The summed E-state index contributed by atoms with van der Waals surface area (Å²) in [6.45, 7) is 2.08. The highest BCUT2D eigenvalue weighted by molar-refractivity contribution is 5.80. The van der Waals surface area contributed by atoms with Crippen molar-refractivity contribution in [1.82, 2.24) is 10.3 Å². The van der Waals surface area contributed by atoms with Gasteiger partial charge in [-0.1, -0.05) is 36.4 Å². The molecular formula is C28H34N2O2. The number of nitrogens with zero attached hydrogens (tertiary/aromatic N) is 1. The van der Waals surface area contributed by atoms with Crippen LogP contribution < -0.4 is 14.8 Å². The number of pyridine rings is 1. The number of hydrogen-bond acceptors (Lipinski definition) is 4. The highest BCUT2D eigenvalue weighted by atomic mass is 16.5. The van der Waals surface area contributed by atoms with Gasteiger partial charge in [0.1, 0.15) is 11.5 Å². The van der Waals surface area contributed by atoms with Gasteiger partial charge in [-0.3, -0.25) is 4.98 Å². The first-order valence-corrected chi connectivity index (χ1v) is 11.4. The third-order valence-electron chi connectivity index (χ3n) is 5.46. The predicted octanol–water partition coefficient (Wildman–Crippen LogP) is 5.92. The van der Waals surface area contributed by atoms with E-state index in [1.807, 2.05) is 42.7 Å². The normalized spacial score (nSPS) is 10.6. The van der Waals surface area contributed by atoms with Crippen molar-refractivity contribution in [3.05, 3.63) is 95.8 Å². The summed E-state index contributed by atoms with van der Waals surface area (Å²) in [7, 11) is 3.41. The maximum absolute atomic E-state index is 5.44. The molecule has 0 aliphatic rings. The zero-order chi connectivity index (χ0) is 22.4. The van der Waals surface area contributed by atoms with E-state index in [1.54, 1.807) is 14.2 Å². The highest BCUT2D eigenvalue weighted by Gasteiger charge is 2.07. The molecule has 3 aromatic rings. The Morgan fingerprint density at radius 3 is 2.16 bits per heavy atom. The summed E-state index contributed by atoms with van der Waals surface area (Å²) < 4.78 is 10.9. The number of methoxy groups -OCH3 is 2. The smallest absolute Gasteiger partial charge is 0.119 e. The fourth-order valence-corrected chi connectivity index (χ4v) is 3.71. The molecule has 0 bridgehead atoms. The second-order valence-corrected chi connectivity index (χ2v) is 7.79. The van der Waals surface area contributed by atoms with Gasteiger partial charge in [0.15, 0.2) is 0 Å². The van der Waals surface area contributed by atoms with E-state index in [-0.39, 0.29) is 0 Å². The van der Waals surface area contributed by atoms with Gasteiger partial charge in [0, 0.05) is 12.4 Å². The number of unbranched alkanes of at least 4 members (excludes halogenated alkanes) is 2. The van der Waals surface area contributed by atoms with Crippen LogP contribution in [0.5, 0.6) is 11.5 Å². The van der Waals surface area contributed by atoms with Crippen molar-refractivity contribution in [2.24, 2.45) is 0 Å². The fourth-order valence-electron chi connectivity index (χ4n) is 3.71. The van der Waals surface area contributed by atoms with Gasteiger partial charge in [0.2, 0.25) is 0 Å². The number of hydrogen-bond donors (Lipinski definition) is 1. The first-order valence-electron chi connectivity index (χ1n) is 11.4. The average molecular weight is 431 g/mol. The van der Waals surface area contributed by atoms with Gasteiger partial charge in [0.25, 0.3) is 0 Å². The lowest BCUT2D eigenvalue weighted by atomic mass is 9.96. The monoisotopic (exact) mass is 430 g/mol. The Balaban J connectivity index is 1.50. The first-order chi connectivity index (χ1) is 15.8. The van der Waals surface area contributed by atoms with Gasteiger partial charge in [-0.25, -0.2) is 0 Å². The van der Waals surface area contributed by atoms with Crippen LogP contribution in [0.25, 0.3) is 5.57 Å². The van der Waals surface area contributed by atoms with Gasteiger partial charge in [-0.05, 0) is 97.8 Å². The summed E-state index contributed by atoms with van der Waals surface area (Å²) in [5.74, 6) is 1.73. The molecule has 0 amide bonds. The van der Waals surface area contributed by atoms with Gasteiger partial charge < -0.3 is 14.8 Å². The molecule has 0 fully saturated rings. The number of aromatic nitrogens is 1. The Morgan fingerprint density at radius 2 is 1.53 bits per heavy atom. The Hall–Kier alpha value is -3.11. The minimum Gasteiger partial charge on any atom is -0.497 e. The molecule has 4 heteroatoms. The molecule has 1 N–H and O–H groups in total. The minimum atomic E-state index is 0.865. The summed E-state index contributed by atoms with van der Waals surface area (Å²) in [5, 5.41) is 3.58. The molecule has 0 atom stereocenters. The SMILES string of the molecule is COc1cccc(C(=CCCCNCCCCc2cccnc2)c2cccc(OC)c2)c1. The van der Waals surface area contributed by atoms with Gasteiger partial charge in [-0.2, -0.15) is 0 Å². The predicted molar refractivity (Wildman–Crippen MR) is 132 cm³/mol. The minimum absolute atomic E-state index is 0.865. The van der Waals surface area contributed by atoms with Crippen LogP contribution in [-0.2, 0) is 6.42 Å². The van der Waals surface area contributed by atoms with Crippen molar-refractivity contribution in [3.63, 3.8) is 0 Å². The van der Waals surface area contributed by atoms with Crippen LogP contribution >= 0.6 is 0 Å². The number of allylic oxidation sites excluding steroid dienone is 1. The highest BCUT2D eigenvalue weighted by Crippen LogP contribution is 2.29. The van der Waals surface area contributed by atoms with Gasteiger partial charge in [0.05, 0.1) is 14.2 Å². The average Bonchev–Trinajstić information content (AvgIpc) is 2.86. The molecular weight excluding hydrogens is 396 g/mol. The summed E-state index contributed by atoms with van der Waals surface area (Å²) >= 11 is 0. The molecule has 1 heterocycles. The van der Waals surface area contributed by atoms with Crippen molar-refractivity contribution in [3.8, 4) is 11.5 Å². The topological polar surface area (TPSA) is 43.4 Å². The molecule has 0 saturated heterocycles. The van der Waals surface area contributed by atoms with Crippen LogP contribution in [0.4, 0.5) is 0 Å². The fraction of sp³-hybridized carbons (Fsp3) is 0.321. The molecule has 0 aliphatic heterocycles. The molecule has 4 nitrogen and oxygen atoms in total. The van der Waals surface area contributed by atoms with Crippen molar-refractivity contribution in [1.29, 1.82) is 0 Å². The molecule has 1 aromatic heterocycles. The van der Waals surface area contributed by atoms with E-state index in [9.17, 15) is 0 Å². The Morgan fingerprint density at radius 1 is 0.844 bits per heavy atom. The number of ether oxygens (including phenoxy) is 2. The molecule has 0 spiro atoms. The van der Waals surface area contributed by atoms with E-state index in [2.05, 4.69) is 46.7 Å². The zero-order valence-electron chi connectivity index (χ0n) is 19.2. The Bertz CT molecular complexity index is 920. The van der Waals surface area contributed by atoms with E-state index in [0.717, 1.165) is 55.0 Å². The summed E-state index contributed by atoms with van der Waals surface area (Å²) in [5.41, 5.74) is 4.83. The van der Waals surface area contributed by atoms with E-state index < -0.39 is 0 Å². The van der Waals surface area contributed by atoms with E-state index in [0.29, 0.717) is 0 Å². The molecule has 2 aromatic carbocycles. The standard InChI is InChI=1S/C28H34N2O2/c1-31-26-14-7-12-24(20-26)28(25-13-8-15-27(21-25)32-2)16-4-6-18-29-17-5-3-10-23-11-9-19-30-22-23/h7-9,11-16,19-22,29H,3-6,10,17-18H2,1-2H3. The van der Waals surface area contributed by atoms with Crippen LogP contribution in [0.1, 0.15) is 42.4 Å². The molecule has 0 unspecified atom stereocenters. The molecule has 0 aliphatic carbocycles. The Kier molecular flexibility index (Phi) is 9.81. The second-order valence-electron chi connectivity index (χ2n) is 7.79.